The van der Waals surface area contributed by atoms with Crippen LogP contribution in [0.15, 0.2) is 18.2 Å². The SMILES string of the molecule is Cl.N[C@@H](c1cc(Cl)cc(Cl)c1)C(F)(F)F. The van der Waals surface area contributed by atoms with Crippen LogP contribution in [0.1, 0.15) is 11.6 Å². The average Bonchev–Trinajstić information content (AvgIpc) is 1.99. The van der Waals surface area contributed by atoms with Crippen molar-refractivity contribution < 1.29 is 13.2 Å². The van der Waals surface area contributed by atoms with Gasteiger partial charge in [0, 0.05) is 10.0 Å². The van der Waals surface area contributed by atoms with E-state index in [1.807, 2.05) is 0 Å². The molecule has 15 heavy (non-hydrogen) atoms. The van der Waals surface area contributed by atoms with Crippen molar-refractivity contribution in [2.24, 2.45) is 5.73 Å². The number of hydrogen-bond donors (Lipinski definition) is 1. The molecule has 0 radical (unpaired) electrons. The van der Waals surface area contributed by atoms with Crippen molar-refractivity contribution in [3.63, 3.8) is 0 Å². The van der Waals surface area contributed by atoms with Crippen molar-refractivity contribution in [2.45, 2.75) is 12.2 Å². The summed E-state index contributed by atoms with van der Waals surface area (Å²) in [5.74, 6) is 0. The van der Waals surface area contributed by atoms with E-state index in [1.165, 1.54) is 6.07 Å². The Morgan fingerprint density at radius 3 is 1.80 bits per heavy atom. The number of rotatable bonds is 1. The monoisotopic (exact) mass is 279 g/mol. The van der Waals surface area contributed by atoms with E-state index in [9.17, 15) is 13.2 Å². The molecule has 0 aliphatic rings. The molecular weight excluding hydrogens is 273 g/mol. The molecule has 0 saturated carbocycles. The van der Waals surface area contributed by atoms with Crippen molar-refractivity contribution in [3.05, 3.63) is 33.8 Å². The van der Waals surface area contributed by atoms with Crippen molar-refractivity contribution in [2.75, 3.05) is 0 Å². The molecule has 1 atom stereocenters. The van der Waals surface area contributed by atoms with E-state index < -0.39 is 12.2 Å². The summed E-state index contributed by atoms with van der Waals surface area (Å²) in [6.07, 6.45) is -4.49. The Balaban J connectivity index is 0.00000196. The van der Waals surface area contributed by atoms with Gasteiger partial charge >= 0.3 is 6.18 Å². The minimum Gasteiger partial charge on any atom is -0.316 e. The molecule has 1 rings (SSSR count). The van der Waals surface area contributed by atoms with Crippen LogP contribution in [-0.2, 0) is 0 Å². The zero-order valence-electron chi connectivity index (χ0n) is 7.18. The Labute approximate surface area is 101 Å². The zero-order chi connectivity index (χ0) is 10.9. The normalized spacial score (nSPS) is 13.2. The van der Waals surface area contributed by atoms with Gasteiger partial charge in [0.2, 0.25) is 0 Å². The molecule has 0 spiro atoms. The van der Waals surface area contributed by atoms with Crippen LogP contribution >= 0.6 is 35.6 Å². The van der Waals surface area contributed by atoms with Gasteiger partial charge in [-0.3, -0.25) is 0 Å². The largest absolute Gasteiger partial charge is 0.407 e. The van der Waals surface area contributed by atoms with Crippen LogP contribution in [0.4, 0.5) is 13.2 Å². The summed E-state index contributed by atoms with van der Waals surface area (Å²) in [5, 5.41) is 0.263. The van der Waals surface area contributed by atoms with E-state index >= 15 is 0 Å². The van der Waals surface area contributed by atoms with Gasteiger partial charge < -0.3 is 5.73 Å². The van der Waals surface area contributed by atoms with Gasteiger partial charge in [-0.05, 0) is 23.8 Å². The summed E-state index contributed by atoms with van der Waals surface area (Å²) in [4.78, 5) is 0. The first-order valence-electron chi connectivity index (χ1n) is 3.59. The van der Waals surface area contributed by atoms with Crippen molar-refractivity contribution in [1.82, 2.24) is 0 Å². The second kappa shape index (κ2) is 5.25. The zero-order valence-corrected chi connectivity index (χ0v) is 9.51. The Hall–Kier alpha value is -0.160. The molecule has 0 unspecified atom stereocenters. The molecule has 0 aliphatic heterocycles. The van der Waals surface area contributed by atoms with Crippen molar-refractivity contribution in [1.29, 1.82) is 0 Å². The molecular formula is C8H7Cl3F3N. The number of nitrogens with two attached hydrogens (primary N) is 1. The second-order valence-electron chi connectivity index (χ2n) is 2.72. The third-order valence-electron chi connectivity index (χ3n) is 1.60. The smallest absolute Gasteiger partial charge is 0.316 e. The van der Waals surface area contributed by atoms with Gasteiger partial charge in [-0.2, -0.15) is 13.2 Å². The standard InChI is InChI=1S/C8H6Cl2F3N.ClH/c9-5-1-4(2-6(10)3-5)7(14)8(11,12)13;/h1-3,7H,14H2;1H/t7-;/m0./s1. The highest BCUT2D eigenvalue weighted by atomic mass is 35.5. The molecule has 0 fully saturated rings. The van der Waals surface area contributed by atoms with Gasteiger partial charge in [0.25, 0.3) is 0 Å². The number of benzene rings is 1. The van der Waals surface area contributed by atoms with E-state index in [2.05, 4.69) is 0 Å². The van der Waals surface area contributed by atoms with Gasteiger partial charge in [-0.1, -0.05) is 23.2 Å². The molecule has 0 aliphatic carbocycles. The predicted octanol–water partition coefficient (Wildman–Crippen LogP) is 3.98. The Morgan fingerprint density at radius 1 is 1.07 bits per heavy atom. The van der Waals surface area contributed by atoms with Gasteiger partial charge in [0.1, 0.15) is 6.04 Å². The molecule has 0 amide bonds. The van der Waals surface area contributed by atoms with E-state index in [0.29, 0.717) is 0 Å². The van der Waals surface area contributed by atoms with Crippen molar-refractivity contribution >= 4 is 35.6 Å². The minimum absolute atomic E-state index is 0. The Morgan fingerprint density at radius 2 is 1.47 bits per heavy atom. The molecule has 1 aromatic carbocycles. The summed E-state index contributed by atoms with van der Waals surface area (Å²) in [5.41, 5.74) is 4.82. The Bertz CT molecular complexity index is 320. The predicted molar refractivity (Wildman–Crippen MR) is 56.7 cm³/mol. The molecule has 0 heterocycles. The molecule has 86 valence electrons. The fourth-order valence-electron chi connectivity index (χ4n) is 0.944. The first kappa shape index (κ1) is 14.8. The van der Waals surface area contributed by atoms with Crippen LogP contribution in [0, 0.1) is 0 Å². The summed E-state index contributed by atoms with van der Waals surface area (Å²) >= 11 is 11.1. The fourth-order valence-corrected chi connectivity index (χ4v) is 1.49. The van der Waals surface area contributed by atoms with Crippen LogP contribution in [0.3, 0.4) is 0 Å². The first-order chi connectivity index (χ1) is 6.30. The summed E-state index contributed by atoms with van der Waals surface area (Å²) in [6.45, 7) is 0. The Kier molecular flexibility index (Phi) is 5.20. The lowest BCUT2D eigenvalue weighted by Gasteiger charge is -2.16. The lowest BCUT2D eigenvalue weighted by Crippen LogP contribution is -2.28. The van der Waals surface area contributed by atoms with E-state index in [1.54, 1.807) is 0 Å². The van der Waals surface area contributed by atoms with Gasteiger partial charge in [0.15, 0.2) is 0 Å². The van der Waals surface area contributed by atoms with Crippen LogP contribution in [-0.4, -0.2) is 6.18 Å². The third-order valence-corrected chi connectivity index (χ3v) is 2.03. The first-order valence-corrected chi connectivity index (χ1v) is 4.34. The van der Waals surface area contributed by atoms with Gasteiger partial charge in [-0.15, -0.1) is 12.4 Å². The minimum atomic E-state index is -4.49. The topological polar surface area (TPSA) is 26.0 Å². The van der Waals surface area contributed by atoms with Gasteiger partial charge in [-0.25, -0.2) is 0 Å². The number of hydrogen-bond acceptors (Lipinski definition) is 1. The number of alkyl halides is 3. The maximum atomic E-state index is 12.2. The van der Waals surface area contributed by atoms with Crippen LogP contribution in [0.25, 0.3) is 0 Å². The maximum absolute atomic E-state index is 12.2. The molecule has 0 bridgehead atoms. The highest BCUT2D eigenvalue weighted by molar-refractivity contribution is 6.34. The number of halogens is 6. The lowest BCUT2D eigenvalue weighted by molar-refractivity contribution is -0.149. The molecule has 0 aromatic heterocycles. The molecule has 0 saturated heterocycles. The molecule has 2 N–H and O–H groups in total. The van der Waals surface area contributed by atoms with Crippen LogP contribution in [0.5, 0.6) is 0 Å². The second-order valence-corrected chi connectivity index (χ2v) is 3.59. The molecule has 1 aromatic rings. The van der Waals surface area contributed by atoms with E-state index in [0.717, 1.165) is 12.1 Å². The van der Waals surface area contributed by atoms with Gasteiger partial charge in [0.05, 0.1) is 0 Å². The van der Waals surface area contributed by atoms with E-state index in [4.69, 9.17) is 28.9 Å². The third kappa shape index (κ3) is 4.07. The molecule has 7 heteroatoms. The van der Waals surface area contributed by atoms with Crippen LogP contribution < -0.4 is 5.73 Å². The highest BCUT2D eigenvalue weighted by Gasteiger charge is 2.37. The average molecular weight is 281 g/mol. The highest BCUT2D eigenvalue weighted by Crippen LogP contribution is 2.32. The molecule has 1 nitrogen and oxygen atoms in total. The maximum Gasteiger partial charge on any atom is 0.407 e. The fraction of sp³-hybridized carbons (Fsp3) is 0.250. The lowest BCUT2D eigenvalue weighted by atomic mass is 10.1. The van der Waals surface area contributed by atoms with Crippen molar-refractivity contribution in [3.8, 4) is 0 Å². The van der Waals surface area contributed by atoms with E-state index in [-0.39, 0.29) is 28.0 Å². The summed E-state index contributed by atoms with van der Waals surface area (Å²) < 4.78 is 36.6. The quantitative estimate of drug-likeness (QED) is 0.827. The van der Waals surface area contributed by atoms with Crippen LogP contribution in [0.2, 0.25) is 10.0 Å². The summed E-state index contributed by atoms with van der Waals surface area (Å²) in [7, 11) is 0. The summed E-state index contributed by atoms with van der Waals surface area (Å²) in [6, 6.07) is 1.58.